The second kappa shape index (κ2) is 4.88. The number of hydrogen-bond acceptors (Lipinski definition) is 2. The van der Waals surface area contributed by atoms with E-state index in [1.54, 1.807) is 0 Å². The predicted molar refractivity (Wildman–Crippen MR) is 65.1 cm³/mol. The van der Waals surface area contributed by atoms with Crippen molar-refractivity contribution in [2.75, 3.05) is 13.2 Å². The fourth-order valence-corrected chi connectivity index (χ4v) is 2.01. The first-order valence-electron chi connectivity index (χ1n) is 6.13. The molecule has 0 amide bonds. The van der Waals surface area contributed by atoms with Crippen molar-refractivity contribution in [1.29, 1.82) is 0 Å². The van der Waals surface area contributed by atoms with Crippen molar-refractivity contribution in [3.05, 3.63) is 29.3 Å². The Balaban J connectivity index is 2.29. The second-order valence-electron chi connectivity index (χ2n) is 4.59. The van der Waals surface area contributed by atoms with Gasteiger partial charge in [-0.3, -0.25) is 0 Å². The largest absolute Gasteiger partial charge is 0.494 e. The third-order valence-corrected chi connectivity index (χ3v) is 3.19. The Hall–Kier alpha value is -1.02. The lowest BCUT2D eigenvalue weighted by atomic mass is 9.97. The molecular formula is C14H20O2. The number of aliphatic hydroxyl groups is 1. The first-order valence-corrected chi connectivity index (χ1v) is 6.13. The van der Waals surface area contributed by atoms with E-state index in [1.165, 1.54) is 18.4 Å². The molecule has 16 heavy (non-hydrogen) atoms. The van der Waals surface area contributed by atoms with Gasteiger partial charge in [-0.25, -0.2) is 0 Å². The van der Waals surface area contributed by atoms with Crippen LogP contribution in [0.3, 0.4) is 0 Å². The van der Waals surface area contributed by atoms with Crippen molar-refractivity contribution in [3.8, 4) is 5.75 Å². The summed E-state index contributed by atoms with van der Waals surface area (Å²) in [4.78, 5) is 0. The molecule has 2 nitrogen and oxygen atoms in total. The van der Waals surface area contributed by atoms with Crippen LogP contribution in [0, 0.1) is 0 Å². The van der Waals surface area contributed by atoms with Gasteiger partial charge in [-0.2, -0.15) is 0 Å². The van der Waals surface area contributed by atoms with E-state index in [0.717, 1.165) is 17.2 Å². The third kappa shape index (κ3) is 2.38. The minimum absolute atomic E-state index is 0.153. The van der Waals surface area contributed by atoms with Gasteiger partial charge in [0, 0.05) is 12.5 Å². The molecule has 0 aromatic heterocycles. The van der Waals surface area contributed by atoms with Gasteiger partial charge in [-0.1, -0.05) is 19.1 Å². The van der Waals surface area contributed by atoms with Crippen molar-refractivity contribution in [2.45, 2.75) is 38.5 Å². The van der Waals surface area contributed by atoms with Crippen molar-refractivity contribution in [1.82, 2.24) is 0 Å². The van der Waals surface area contributed by atoms with Crippen LogP contribution in [0.2, 0.25) is 0 Å². The normalized spacial score (nSPS) is 17.2. The maximum Gasteiger partial charge on any atom is 0.122 e. The molecule has 0 aliphatic heterocycles. The van der Waals surface area contributed by atoms with E-state index in [4.69, 9.17) is 4.74 Å². The molecule has 1 atom stereocenters. The summed E-state index contributed by atoms with van der Waals surface area (Å²) < 4.78 is 5.60. The molecule has 0 spiro atoms. The van der Waals surface area contributed by atoms with Crippen molar-refractivity contribution in [3.63, 3.8) is 0 Å². The Labute approximate surface area is 97.3 Å². The molecular weight excluding hydrogens is 200 g/mol. The third-order valence-electron chi connectivity index (χ3n) is 3.19. The highest BCUT2D eigenvalue weighted by Gasteiger charge is 2.25. The molecule has 0 saturated heterocycles. The van der Waals surface area contributed by atoms with Crippen LogP contribution in [0.4, 0.5) is 0 Å². The number of benzene rings is 1. The average Bonchev–Trinajstić information content (AvgIpc) is 3.13. The molecule has 1 N–H and O–H groups in total. The molecule has 1 aromatic carbocycles. The predicted octanol–water partition coefficient (Wildman–Crippen LogP) is 3.06. The van der Waals surface area contributed by atoms with E-state index in [9.17, 15) is 5.11 Å². The maximum absolute atomic E-state index is 9.27. The molecule has 0 bridgehead atoms. The van der Waals surface area contributed by atoms with Gasteiger partial charge < -0.3 is 9.84 Å². The zero-order chi connectivity index (χ0) is 11.5. The monoisotopic (exact) mass is 220 g/mol. The quantitative estimate of drug-likeness (QED) is 0.826. The molecule has 1 unspecified atom stereocenters. The van der Waals surface area contributed by atoms with Crippen LogP contribution in [0.15, 0.2) is 18.2 Å². The van der Waals surface area contributed by atoms with Gasteiger partial charge in [0.15, 0.2) is 0 Å². The summed E-state index contributed by atoms with van der Waals surface area (Å²) in [5.74, 6) is 1.83. The van der Waals surface area contributed by atoms with Gasteiger partial charge in [0.25, 0.3) is 0 Å². The van der Waals surface area contributed by atoms with Gasteiger partial charge in [0.2, 0.25) is 0 Å². The Morgan fingerprint density at radius 2 is 2.19 bits per heavy atom. The maximum atomic E-state index is 9.27. The van der Waals surface area contributed by atoms with Gasteiger partial charge in [0.1, 0.15) is 5.75 Å². The Bertz CT molecular complexity index is 356. The van der Waals surface area contributed by atoms with Crippen molar-refractivity contribution >= 4 is 0 Å². The molecule has 88 valence electrons. The van der Waals surface area contributed by atoms with E-state index in [1.807, 2.05) is 13.8 Å². The average molecular weight is 220 g/mol. The fraction of sp³-hybridized carbons (Fsp3) is 0.571. The van der Waals surface area contributed by atoms with E-state index >= 15 is 0 Å². The van der Waals surface area contributed by atoms with Gasteiger partial charge >= 0.3 is 0 Å². The topological polar surface area (TPSA) is 29.5 Å². The highest BCUT2D eigenvalue weighted by Crippen LogP contribution is 2.42. The summed E-state index contributed by atoms with van der Waals surface area (Å²) in [7, 11) is 0. The van der Waals surface area contributed by atoms with E-state index in [2.05, 4.69) is 18.2 Å². The second-order valence-corrected chi connectivity index (χ2v) is 4.59. The number of aliphatic hydroxyl groups excluding tert-OH is 1. The summed E-state index contributed by atoms with van der Waals surface area (Å²) in [6.07, 6.45) is 2.61. The van der Waals surface area contributed by atoms with Crippen LogP contribution in [0.5, 0.6) is 5.75 Å². The van der Waals surface area contributed by atoms with Crippen LogP contribution in [-0.2, 0) is 0 Å². The van der Waals surface area contributed by atoms with Crippen LogP contribution in [0.1, 0.15) is 49.7 Å². The summed E-state index contributed by atoms with van der Waals surface area (Å²) >= 11 is 0. The molecule has 1 aliphatic carbocycles. The summed E-state index contributed by atoms with van der Waals surface area (Å²) in [5, 5.41) is 9.27. The highest BCUT2D eigenvalue weighted by atomic mass is 16.5. The molecule has 1 aliphatic rings. The zero-order valence-corrected chi connectivity index (χ0v) is 10.1. The summed E-state index contributed by atoms with van der Waals surface area (Å²) in [5.41, 5.74) is 2.55. The molecule has 2 rings (SSSR count). The first kappa shape index (κ1) is 11.5. The molecule has 1 aromatic rings. The lowest BCUT2D eigenvalue weighted by molar-refractivity contribution is 0.266. The Kier molecular flexibility index (Phi) is 3.49. The van der Waals surface area contributed by atoms with Crippen molar-refractivity contribution in [2.24, 2.45) is 0 Å². The first-order chi connectivity index (χ1) is 7.76. The molecule has 0 heterocycles. The van der Waals surface area contributed by atoms with Gasteiger partial charge in [-0.15, -0.1) is 0 Å². The van der Waals surface area contributed by atoms with Crippen molar-refractivity contribution < 1.29 is 9.84 Å². The molecule has 1 saturated carbocycles. The lowest BCUT2D eigenvalue weighted by Crippen LogP contribution is -2.04. The SMILES string of the molecule is CCOc1ccc(C2CC2)cc1C(C)CO. The number of hydrogen-bond donors (Lipinski definition) is 1. The summed E-state index contributed by atoms with van der Waals surface area (Å²) in [6.45, 7) is 4.87. The van der Waals surface area contributed by atoms with Gasteiger partial charge in [-0.05, 0) is 42.9 Å². The van der Waals surface area contributed by atoms with Crippen LogP contribution >= 0.6 is 0 Å². The highest BCUT2D eigenvalue weighted by molar-refractivity contribution is 5.41. The summed E-state index contributed by atoms with van der Waals surface area (Å²) in [6, 6.07) is 6.43. The van der Waals surface area contributed by atoms with Crippen LogP contribution in [0.25, 0.3) is 0 Å². The minimum Gasteiger partial charge on any atom is -0.494 e. The number of rotatable bonds is 5. The number of ether oxygens (including phenoxy) is 1. The van der Waals surface area contributed by atoms with E-state index < -0.39 is 0 Å². The zero-order valence-electron chi connectivity index (χ0n) is 10.1. The minimum atomic E-state index is 0.153. The Morgan fingerprint density at radius 3 is 2.75 bits per heavy atom. The molecule has 2 heteroatoms. The van der Waals surface area contributed by atoms with Crippen LogP contribution in [-0.4, -0.2) is 18.3 Å². The van der Waals surface area contributed by atoms with E-state index in [0.29, 0.717) is 6.61 Å². The lowest BCUT2D eigenvalue weighted by Gasteiger charge is -2.16. The fourth-order valence-electron chi connectivity index (χ4n) is 2.01. The standard InChI is InChI=1S/C14H20O2/c1-3-16-14-7-6-12(11-4-5-11)8-13(14)10(2)9-15/h6-8,10-11,15H,3-5,9H2,1-2H3. The van der Waals surface area contributed by atoms with Gasteiger partial charge in [0.05, 0.1) is 6.61 Å². The van der Waals surface area contributed by atoms with E-state index in [-0.39, 0.29) is 12.5 Å². The molecule has 1 fully saturated rings. The van der Waals surface area contributed by atoms with Crippen LogP contribution < -0.4 is 4.74 Å². The Morgan fingerprint density at radius 1 is 1.44 bits per heavy atom. The molecule has 0 radical (unpaired) electrons. The smallest absolute Gasteiger partial charge is 0.122 e.